The van der Waals surface area contributed by atoms with Crippen molar-refractivity contribution < 1.29 is 9.59 Å². The second-order valence-corrected chi connectivity index (χ2v) is 1.96. The molecular formula is C8H18N2O2. The predicted octanol–water partition coefficient (Wildman–Crippen LogP) is 0.0650. The van der Waals surface area contributed by atoms with Crippen molar-refractivity contribution in [2.45, 2.75) is 32.7 Å². The molecule has 0 radical (unpaired) electrons. The molecule has 0 fully saturated rings. The molecule has 1 atom stereocenters. The molecular weight excluding hydrogens is 156 g/mol. The number of carbonyl (C=O) groups excluding carboxylic acids is 2. The van der Waals surface area contributed by atoms with E-state index in [0.717, 1.165) is 6.29 Å². The van der Waals surface area contributed by atoms with E-state index in [9.17, 15) is 9.59 Å². The summed E-state index contributed by atoms with van der Waals surface area (Å²) in [5.41, 5.74) is 5.34. The lowest BCUT2D eigenvalue weighted by Gasteiger charge is -2.06. The minimum atomic E-state index is -0.546. The van der Waals surface area contributed by atoms with Crippen molar-refractivity contribution in [1.82, 2.24) is 5.32 Å². The Balaban J connectivity index is 0. The highest BCUT2D eigenvalue weighted by molar-refractivity contribution is 5.81. The largest absolute Gasteiger partial charge is 0.358 e. The number of likely N-dealkylation sites (N-methyl/N-ethyl adjacent to an activating group) is 1. The normalized spacial score (nSPS) is 10.7. The molecule has 4 nitrogen and oxygen atoms in total. The van der Waals surface area contributed by atoms with E-state index in [1.165, 1.54) is 7.05 Å². The van der Waals surface area contributed by atoms with Crippen LogP contribution in [0.4, 0.5) is 0 Å². The fraction of sp³-hybridized carbons (Fsp3) is 0.750. The molecule has 72 valence electrons. The van der Waals surface area contributed by atoms with E-state index in [1.54, 1.807) is 0 Å². The smallest absolute Gasteiger partial charge is 0.236 e. The summed E-state index contributed by atoms with van der Waals surface area (Å²) in [6.07, 6.45) is 1.51. The number of rotatable bonds is 4. The minimum absolute atomic E-state index is 0.221. The van der Waals surface area contributed by atoms with Gasteiger partial charge in [-0.3, -0.25) is 4.79 Å². The standard InChI is InChI=1S/C6H12N2O2.C2H6/c1-8-6(10)5(7)3-2-4-9;1-2/h4-5H,2-3,7H2,1H3,(H,8,10);1-2H3. The van der Waals surface area contributed by atoms with Gasteiger partial charge in [0.2, 0.25) is 5.91 Å². The van der Waals surface area contributed by atoms with Crippen molar-refractivity contribution in [3.63, 3.8) is 0 Å². The predicted molar refractivity (Wildman–Crippen MR) is 48.7 cm³/mol. The minimum Gasteiger partial charge on any atom is -0.358 e. The molecule has 3 N–H and O–H groups in total. The molecule has 0 heterocycles. The maximum absolute atomic E-state index is 10.7. The van der Waals surface area contributed by atoms with Crippen LogP contribution in [0.3, 0.4) is 0 Å². The lowest BCUT2D eigenvalue weighted by Crippen LogP contribution is -2.38. The summed E-state index contributed by atoms with van der Waals surface area (Å²) in [4.78, 5) is 20.5. The van der Waals surface area contributed by atoms with E-state index in [0.29, 0.717) is 12.8 Å². The average Bonchev–Trinajstić information content (AvgIpc) is 2.16. The van der Waals surface area contributed by atoms with Gasteiger partial charge >= 0.3 is 0 Å². The van der Waals surface area contributed by atoms with Gasteiger partial charge in [0.15, 0.2) is 0 Å². The molecule has 0 saturated carbocycles. The molecule has 1 amide bonds. The first-order chi connectivity index (χ1) is 5.72. The number of hydrogen-bond donors (Lipinski definition) is 2. The molecule has 0 aromatic rings. The number of nitrogens with one attached hydrogen (secondary N) is 1. The summed E-state index contributed by atoms with van der Waals surface area (Å²) < 4.78 is 0. The third kappa shape index (κ3) is 7.21. The number of hydrogen-bond acceptors (Lipinski definition) is 3. The highest BCUT2D eigenvalue weighted by Crippen LogP contribution is 1.90. The number of aldehydes is 1. The Hall–Kier alpha value is -0.900. The zero-order chi connectivity index (χ0) is 9.98. The quantitative estimate of drug-likeness (QED) is 0.592. The molecule has 0 bridgehead atoms. The van der Waals surface area contributed by atoms with Gasteiger partial charge in [0.1, 0.15) is 6.29 Å². The van der Waals surface area contributed by atoms with Crippen LogP contribution in [0, 0.1) is 0 Å². The van der Waals surface area contributed by atoms with Crippen molar-refractivity contribution in [3.05, 3.63) is 0 Å². The number of amides is 1. The Bertz CT molecular complexity index is 126. The van der Waals surface area contributed by atoms with E-state index >= 15 is 0 Å². The van der Waals surface area contributed by atoms with Crippen LogP contribution in [0.5, 0.6) is 0 Å². The van der Waals surface area contributed by atoms with Crippen LogP contribution in [-0.2, 0) is 9.59 Å². The maximum Gasteiger partial charge on any atom is 0.236 e. The summed E-state index contributed by atoms with van der Waals surface area (Å²) in [5.74, 6) is -0.221. The summed E-state index contributed by atoms with van der Waals surface area (Å²) in [5, 5.41) is 2.39. The Morgan fingerprint density at radius 1 is 1.58 bits per heavy atom. The van der Waals surface area contributed by atoms with Crippen LogP contribution in [0.25, 0.3) is 0 Å². The zero-order valence-electron chi connectivity index (χ0n) is 7.96. The molecule has 0 spiro atoms. The summed E-state index contributed by atoms with van der Waals surface area (Å²) in [7, 11) is 1.52. The van der Waals surface area contributed by atoms with Crippen LogP contribution >= 0.6 is 0 Å². The van der Waals surface area contributed by atoms with Gasteiger partial charge < -0.3 is 15.8 Å². The molecule has 0 aromatic heterocycles. The van der Waals surface area contributed by atoms with Crippen molar-refractivity contribution in [2.75, 3.05) is 7.05 Å². The number of nitrogens with two attached hydrogens (primary N) is 1. The number of carbonyl (C=O) groups is 2. The molecule has 0 aliphatic rings. The fourth-order valence-electron chi connectivity index (χ4n) is 0.564. The Morgan fingerprint density at radius 2 is 2.08 bits per heavy atom. The summed E-state index contributed by atoms with van der Waals surface area (Å²) in [6.45, 7) is 4.00. The van der Waals surface area contributed by atoms with Gasteiger partial charge in [-0.2, -0.15) is 0 Å². The Morgan fingerprint density at radius 3 is 2.42 bits per heavy atom. The van der Waals surface area contributed by atoms with Gasteiger partial charge in [0, 0.05) is 13.5 Å². The van der Waals surface area contributed by atoms with Crippen LogP contribution in [-0.4, -0.2) is 25.3 Å². The molecule has 0 rings (SSSR count). The Labute approximate surface area is 73.5 Å². The lowest BCUT2D eigenvalue weighted by molar-refractivity contribution is -0.122. The first-order valence-electron chi connectivity index (χ1n) is 4.13. The van der Waals surface area contributed by atoms with Crippen molar-refractivity contribution in [1.29, 1.82) is 0 Å². The van der Waals surface area contributed by atoms with E-state index < -0.39 is 6.04 Å². The zero-order valence-corrected chi connectivity index (χ0v) is 7.96. The second kappa shape index (κ2) is 10.1. The highest BCUT2D eigenvalue weighted by Gasteiger charge is 2.09. The SMILES string of the molecule is CC.CNC(=O)C(N)CCC=O. The summed E-state index contributed by atoms with van der Waals surface area (Å²) >= 11 is 0. The molecule has 0 aliphatic heterocycles. The van der Waals surface area contributed by atoms with Gasteiger partial charge in [-0.15, -0.1) is 0 Å². The van der Waals surface area contributed by atoms with Crippen LogP contribution in [0.1, 0.15) is 26.7 Å². The van der Waals surface area contributed by atoms with Gasteiger partial charge in [0.05, 0.1) is 6.04 Å². The molecule has 1 unspecified atom stereocenters. The topological polar surface area (TPSA) is 72.2 Å². The fourth-order valence-corrected chi connectivity index (χ4v) is 0.564. The van der Waals surface area contributed by atoms with Gasteiger partial charge in [-0.1, -0.05) is 13.8 Å². The highest BCUT2D eigenvalue weighted by atomic mass is 16.2. The molecule has 4 heteroatoms. The van der Waals surface area contributed by atoms with E-state index in [1.807, 2.05) is 13.8 Å². The van der Waals surface area contributed by atoms with E-state index in [2.05, 4.69) is 5.32 Å². The van der Waals surface area contributed by atoms with Crippen molar-refractivity contribution in [2.24, 2.45) is 5.73 Å². The third-order valence-corrected chi connectivity index (χ3v) is 1.18. The van der Waals surface area contributed by atoms with Crippen molar-refractivity contribution in [3.8, 4) is 0 Å². The van der Waals surface area contributed by atoms with Gasteiger partial charge in [-0.05, 0) is 6.42 Å². The van der Waals surface area contributed by atoms with Gasteiger partial charge in [0.25, 0.3) is 0 Å². The molecule has 12 heavy (non-hydrogen) atoms. The van der Waals surface area contributed by atoms with E-state index in [4.69, 9.17) is 5.73 Å². The van der Waals surface area contributed by atoms with Crippen LogP contribution < -0.4 is 11.1 Å². The monoisotopic (exact) mass is 174 g/mol. The molecule has 0 aromatic carbocycles. The van der Waals surface area contributed by atoms with E-state index in [-0.39, 0.29) is 5.91 Å². The second-order valence-electron chi connectivity index (χ2n) is 1.96. The van der Waals surface area contributed by atoms with Gasteiger partial charge in [-0.25, -0.2) is 0 Å². The Kier molecular flexibility index (Phi) is 11.5. The third-order valence-electron chi connectivity index (χ3n) is 1.18. The lowest BCUT2D eigenvalue weighted by atomic mass is 10.2. The average molecular weight is 174 g/mol. The first kappa shape index (κ1) is 13.7. The van der Waals surface area contributed by atoms with Crippen LogP contribution in [0.15, 0.2) is 0 Å². The first-order valence-corrected chi connectivity index (χ1v) is 4.13. The summed E-state index contributed by atoms with van der Waals surface area (Å²) in [6, 6.07) is -0.546. The molecule has 0 aliphatic carbocycles. The maximum atomic E-state index is 10.7. The molecule has 0 saturated heterocycles. The van der Waals surface area contributed by atoms with Crippen molar-refractivity contribution >= 4 is 12.2 Å². The van der Waals surface area contributed by atoms with Crippen LogP contribution in [0.2, 0.25) is 0 Å².